The van der Waals surface area contributed by atoms with E-state index in [4.69, 9.17) is 9.97 Å². The molecule has 0 atom stereocenters. The van der Waals surface area contributed by atoms with Gasteiger partial charge in [0.05, 0.1) is 22.4 Å². The van der Waals surface area contributed by atoms with Crippen LogP contribution in [0.15, 0.2) is 345 Å². The largest absolute Gasteiger partial charge is 0.314 e. The molecule has 0 radical (unpaired) electrons. The molecule has 86 heavy (non-hydrogen) atoms. The SMILES string of the molecule is C1=CCCC(N(c2ccccc2)c2ccc(N(c3ccccc3)c3ccc(-c4nc5c(-c6ccc(-c7ccccc7)cc6)cccc5nc4-c4ccc(N(c5ccccc5)c5ccc(N(c6ccccc6)c6ccccc6)cc5)cc4)cc3)cc2)=C1. The topological polar surface area (TPSA) is 38.7 Å². The fourth-order valence-corrected chi connectivity index (χ4v) is 11.7. The second kappa shape index (κ2) is 24.2. The van der Waals surface area contributed by atoms with Gasteiger partial charge in [-0.05, 0) is 175 Å². The molecule has 1 aliphatic carbocycles. The van der Waals surface area contributed by atoms with E-state index >= 15 is 0 Å². The Morgan fingerprint density at radius 2 is 0.558 bits per heavy atom. The zero-order valence-electron chi connectivity index (χ0n) is 47.4. The Bertz CT molecular complexity index is 4410. The van der Waals surface area contributed by atoms with Gasteiger partial charge in [-0.2, -0.15) is 0 Å². The van der Waals surface area contributed by atoms with E-state index in [2.05, 4.69) is 359 Å². The Morgan fingerprint density at radius 1 is 0.244 bits per heavy atom. The van der Waals surface area contributed by atoms with E-state index in [0.29, 0.717) is 0 Å². The van der Waals surface area contributed by atoms with Crippen molar-refractivity contribution >= 4 is 73.6 Å². The average molecular weight is 1110 g/mol. The molecule has 1 aliphatic rings. The van der Waals surface area contributed by atoms with Crippen LogP contribution in [0.25, 0.3) is 55.8 Å². The van der Waals surface area contributed by atoms with Gasteiger partial charge in [0.25, 0.3) is 0 Å². The Morgan fingerprint density at radius 3 is 0.953 bits per heavy atom. The van der Waals surface area contributed by atoms with Crippen molar-refractivity contribution in [2.24, 2.45) is 0 Å². The van der Waals surface area contributed by atoms with E-state index < -0.39 is 0 Å². The molecule has 1 heterocycles. The molecule has 0 bridgehead atoms. The molecule has 13 aromatic rings. The van der Waals surface area contributed by atoms with Gasteiger partial charge in [0.2, 0.25) is 0 Å². The molecular formula is C80H60N6. The highest BCUT2D eigenvalue weighted by atomic mass is 15.2. The number of fused-ring (bicyclic) bond motifs is 1. The van der Waals surface area contributed by atoms with Crippen LogP contribution >= 0.6 is 0 Å². The maximum Gasteiger partial charge on any atom is 0.0973 e. The van der Waals surface area contributed by atoms with E-state index in [9.17, 15) is 0 Å². The first-order valence-corrected chi connectivity index (χ1v) is 29.4. The van der Waals surface area contributed by atoms with Crippen molar-refractivity contribution in [1.82, 2.24) is 9.97 Å². The molecule has 0 amide bonds. The molecule has 12 aromatic carbocycles. The number of benzene rings is 12. The number of aromatic nitrogens is 2. The minimum atomic E-state index is 0.797. The van der Waals surface area contributed by atoms with Gasteiger partial charge in [-0.25, -0.2) is 9.97 Å². The van der Waals surface area contributed by atoms with E-state index in [1.54, 1.807) is 0 Å². The number of rotatable bonds is 16. The predicted octanol–water partition coefficient (Wildman–Crippen LogP) is 22.1. The molecule has 0 N–H and O–H groups in total. The zero-order valence-corrected chi connectivity index (χ0v) is 47.4. The third-order valence-electron chi connectivity index (χ3n) is 15.9. The molecule has 410 valence electrons. The van der Waals surface area contributed by atoms with Gasteiger partial charge in [0, 0.05) is 84.9 Å². The second-order valence-corrected chi connectivity index (χ2v) is 21.3. The first-order chi connectivity index (χ1) is 42.7. The summed E-state index contributed by atoms with van der Waals surface area (Å²) in [4.78, 5) is 20.5. The van der Waals surface area contributed by atoms with Crippen molar-refractivity contribution in [2.45, 2.75) is 12.8 Å². The summed E-state index contributed by atoms with van der Waals surface area (Å²) in [6, 6.07) is 114. The van der Waals surface area contributed by atoms with Crippen LogP contribution in [0.4, 0.5) is 62.6 Å². The summed E-state index contributed by atoms with van der Waals surface area (Å²) >= 11 is 0. The van der Waals surface area contributed by atoms with Crippen molar-refractivity contribution in [3.63, 3.8) is 0 Å². The van der Waals surface area contributed by atoms with Crippen LogP contribution in [0, 0.1) is 0 Å². The summed E-state index contributed by atoms with van der Waals surface area (Å²) < 4.78 is 0. The Kier molecular flexibility index (Phi) is 14.9. The van der Waals surface area contributed by atoms with E-state index in [-0.39, 0.29) is 0 Å². The molecule has 0 unspecified atom stereocenters. The maximum atomic E-state index is 5.67. The molecule has 14 rings (SSSR count). The standard InChI is InChI=1S/C80H60N6/c1-8-23-59(24-9-1)60-39-41-61(42-40-60)76-37-22-38-77-80(76)82-79(63-45-49-71(50-46-63)86(69-35-20-7-21-36-69)75-57-53-73(54-58-75)84(66-29-14-4-15-30-66)67-31-16-5-17-32-67)78(81-77)62-43-47-70(48-44-62)85(68-33-18-6-19-34-68)74-55-51-72(52-56-74)83(64-25-10-2-11-26-64)65-27-12-3-13-28-65/h1-16,18-31,33-58H,17,32H2. The van der Waals surface area contributed by atoms with Crippen LogP contribution in [0.3, 0.4) is 0 Å². The van der Waals surface area contributed by atoms with Crippen molar-refractivity contribution < 1.29 is 0 Å². The maximum absolute atomic E-state index is 5.67. The molecule has 0 saturated carbocycles. The Hall–Kier alpha value is -11.3. The number of hydrogen-bond acceptors (Lipinski definition) is 6. The van der Waals surface area contributed by atoms with Gasteiger partial charge in [0.15, 0.2) is 0 Å². The van der Waals surface area contributed by atoms with Crippen LogP contribution in [-0.2, 0) is 0 Å². The van der Waals surface area contributed by atoms with Crippen molar-refractivity contribution in [3.05, 3.63) is 345 Å². The van der Waals surface area contributed by atoms with Crippen LogP contribution < -0.4 is 19.6 Å². The third-order valence-corrected chi connectivity index (χ3v) is 15.9. The summed E-state index contributed by atoms with van der Waals surface area (Å²) in [5.41, 5.74) is 22.6. The second-order valence-electron chi connectivity index (χ2n) is 21.3. The van der Waals surface area contributed by atoms with Gasteiger partial charge in [-0.3, -0.25) is 0 Å². The van der Waals surface area contributed by atoms with Gasteiger partial charge < -0.3 is 19.6 Å². The van der Waals surface area contributed by atoms with Gasteiger partial charge in [-0.15, -0.1) is 0 Å². The molecule has 6 nitrogen and oxygen atoms in total. The highest BCUT2D eigenvalue weighted by Crippen LogP contribution is 2.43. The molecule has 1 aromatic heterocycles. The summed E-state index contributed by atoms with van der Waals surface area (Å²) in [6.07, 6.45) is 8.63. The van der Waals surface area contributed by atoms with Gasteiger partial charge >= 0.3 is 0 Å². The minimum absolute atomic E-state index is 0.797. The van der Waals surface area contributed by atoms with Gasteiger partial charge in [0.1, 0.15) is 0 Å². The Labute approximate surface area is 503 Å². The fraction of sp³-hybridized carbons (Fsp3) is 0.0250. The molecule has 0 saturated heterocycles. The van der Waals surface area contributed by atoms with Crippen molar-refractivity contribution in [2.75, 3.05) is 19.6 Å². The molecule has 0 fully saturated rings. The molecular weight excluding hydrogens is 1040 g/mol. The minimum Gasteiger partial charge on any atom is -0.314 e. The molecule has 0 spiro atoms. The highest BCUT2D eigenvalue weighted by Gasteiger charge is 2.22. The molecule has 0 aliphatic heterocycles. The van der Waals surface area contributed by atoms with Crippen molar-refractivity contribution in [1.29, 1.82) is 0 Å². The summed E-state index contributed by atoms with van der Waals surface area (Å²) in [6.45, 7) is 0. The monoisotopic (exact) mass is 1100 g/mol. The Balaban J connectivity index is 0.849. The summed E-state index contributed by atoms with van der Waals surface area (Å²) in [7, 11) is 0. The average Bonchev–Trinajstić information content (AvgIpc) is 2.30. The van der Waals surface area contributed by atoms with Gasteiger partial charge in [-0.1, -0.05) is 194 Å². The smallest absolute Gasteiger partial charge is 0.0973 e. The fourth-order valence-electron chi connectivity index (χ4n) is 11.7. The van der Waals surface area contributed by atoms with Crippen LogP contribution in [-0.4, -0.2) is 9.97 Å². The summed E-state index contributed by atoms with van der Waals surface area (Å²) in [5, 5.41) is 0. The molecule has 6 heteroatoms. The number of allylic oxidation sites excluding steroid dienone is 4. The zero-order chi connectivity index (χ0) is 57.4. The lowest BCUT2D eigenvalue weighted by Crippen LogP contribution is -2.17. The van der Waals surface area contributed by atoms with Crippen molar-refractivity contribution in [3.8, 4) is 44.8 Å². The number of hydrogen-bond donors (Lipinski definition) is 0. The number of nitrogens with zero attached hydrogens (tertiary/aromatic N) is 6. The lowest BCUT2D eigenvalue weighted by molar-refractivity contribution is 0.917. The van der Waals surface area contributed by atoms with E-state index in [1.807, 2.05) is 0 Å². The normalized spacial score (nSPS) is 11.9. The van der Waals surface area contributed by atoms with Crippen LogP contribution in [0.2, 0.25) is 0 Å². The van der Waals surface area contributed by atoms with E-state index in [0.717, 1.165) is 126 Å². The number of para-hydroxylation sites is 6. The van der Waals surface area contributed by atoms with Crippen LogP contribution in [0.1, 0.15) is 12.8 Å². The first-order valence-electron chi connectivity index (χ1n) is 29.4. The van der Waals surface area contributed by atoms with E-state index in [1.165, 1.54) is 11.3 Å². The summed E-state index contributed by atoms with van der Waals surface area (Å²) in [5.74, 6) is 0. The van der Waals surface area contributed by atoms with Crippen LogP contribution in [0.5, 0.6) is 0 Å². The highest BCUT2D eigenvalue weighted by molar-refractivity contribution is 5.96. The lowest BCUT2D eigenvalue weighted by Gasteiger charge is -2.30. The lowest BCUT2D eigenvalue weighted by atomic mass is 9.98. The third kappa shape index (κ3) is 10.9. The quantitative estimate of drug-likeness (QED) is 0.0960. The first kappa shape index (κ1) is 52.7. The number of anilines is 11. The predicted molar refractivity (Wildman–Crippen MR) is 360 cm³/mol.